The Morgan fingerprint density at radius 2 is 2.00 bits per heavy atom. The van der Waals surface area contributed by atoms with Crippen LogP contribution in [-0.2, 0) is 4.79 Å². The van der Waals surface area contributed by atoms with Crippen LogP contribution < -0.4 is 0 Å². The van der Waals surface area contributed by atoms with Crippen molar-refractivity contribution in [1.82, 2.24) is 0 Å². The molecule has 1 saturated carbocycles. The van der Waals surface area contributed by atoms with Crippen LogP contribution in [0.2, 0.25) is 0 Å². The summed E-state index contributed by atoms with van der Waals surface area (Å²) >= 11 is 0. The first-order valence-electron chi connectivity index (χ1n) is 6.69. The third-order valence-corrected chi connectivity index (χ3v) is 4.22. The molecule has 4 unspecified atom stereocenters. The molecule has 1 aliphatic rings. The lowest BCUT2D eigenvalue weighted by atomic mass is 9.87. The second kappa shape index (κ2) is 5.70. The van der Waals surface area contributed by atoms with Gasteiger partial charge < -0.3 is 10.2 Å². The van der Waals surface area contributed by atoms with E-state index in [-0.39, 0.29) is 11.7 Å². The fraction of sp³-hybridized carbons (Fsp3) is 0.533. The maximum atomic E-state index is 12.9. The molecule has 19 heavy (non-hydrogen) atoms. The van der Waals surface area contributed by atoms with Crippen molar-refractivity contribution in [1.29, 1.82) is 0 Å². The van der Waals surface area contributed by atoms with Crippen LogP contribution in [0.1, 0.15) is 37.9 Å². The highest BCUT2D eigenvalue weighted by atomic mass is 19.1. The van der Waals surface area contributed by atoms with E-state index in [9.17, 15) is 19.4 Å². The Kier molecular flexibility index (Phi) is 4.20. The number of aliphatic carboxylic acids is 1. The second-order valence-corrected chi connectivity index (χ2v) is 5.35. The molecule has 1 aromatic rings. The van der Waals surface area contributed by atoms with E-state index in [1.165, 1.54) is 24.3 Å². The molecule has 4 heteroatoms. The zero-order valence-corrected chi connectivity index (χ0v) is 10.9. The van der Waals surface area contributed by atoms with Gasteiger partial charge in [-0.15, -0.1) is 0 Å². The van der Waals surface area contributed by atoms with Gasteiger partial charge in [-0.2, -0.15) is 0 Å². The van der Waals surface area contributed by atoms with Crippen molar-refractivity contribution in [3.05, 3.63) is 35.6 Å². The summed E-state index contributed by atoms with van der Waals surface area (Å²) in [5.74, 6) is -1.65. The summed E-state index contributed by atoms with van der Waals surface area (Å²) in [6.07, 6.45) is 1.43. The average molecular weight is 266 g/mol. The molecule has 4 atom stereocenters. The van der Waals surface area contributed by atoms with Crippen molar-refractivity contribution < 1.29 is 19.4 Å². The Balaban J connectivity index is 2.18. The lowest BCUT2D eigenvalue weighted by Crippen LogP contribution is -2.23. The molecule has 1 aliphatic carbocycles. The van der Waals surface area contributed by atoms with E-state index in [1.54, 1.807) is 0 Å². The van der Waals surface area contributed by atoms with Crippen molar-refractivity contribution in [2.45, 2.75) is 32.3 Å². The van der Waals surface area contributed by atoms with Crippen LogP contribution in [0, 0.1) is 23.6 Å². The van der Waals surface area contributed by atoms with Crippen molar-refractivity contribution in [2.75, 3.05) is 0 Å². The predicted molar refractivity (Wildman–Crippen MR) is 69.0 cm³/mol. The first-order valence-corrected chi connectivity index (χ1v) is 6.69. The molecule has 3 nitrogen and oxygen atoms in total. The third-order valence-electron chi connectivity index (χ3n) is 4.22. The van der Waals surface area contributed by atoms with Crippen LogP contribution >= 0.6 is 0 Å². The number of aliphatic hydroxyl groups excluding tert-OH is 1. The Labute approximate surface area is 112 Å². The van der Waals surface area contributed by atoms with Crippen LogP contribution in [0.3, 0.4) is 0 Å². The van der Waals surface area contributed by atoms with Gasteiger partial charge in [-0.25, -0.2) is 4.39 Å². The van der Waals surface area contributed by atoms with Gasteiger partial charge in [-0.1, -0.05) is 25.5 Å². The highest BCUT2D eigenvalue weighted by Gasteiger charge is 2.42. The van der Waals surface area contributed by atoms with E-state index in [0.29, 0.717) is 24.3 Å². The van der Waals surface area contributed by atoms with Crippen LogP contribution in [0.15, 0.2) is 24.3 Å². The number of carbonyl (C=O) groups is 1. The largest absolute Gasteiger partial charge is 0.481 e. The number of halogens is 1. The molecular formula is C15H19FO3. The average Bonchev–Trinajstić information content (AvgIpc) is 2.83. The first kappa shape index (κ1) is 14.0. The van der Waals surface area contributed by atoms with Crippen molar-refractivity contribution in [3.63, 3.8) is 0 Å². The molecule has 1 aromatic carbocycles. The van der Waals surface area contributed by atoms with E-state index < -0.39 is 18.0 Å². The Hall–Kier alpha value is -1.42. The predicted octanol–water partition coefficient (Wildman–Crippen LogP) is 3.00. The monoisotopic (exact) mass is 266 g/mol. The van der Waals surface area contributed by atoms with Gasteiger partial charge >= 0.3 is 5.97 Å². The molecule has 0 bridgehead atoms. The van der Waals surface area contributed by atoms with Gasteiger partial charge in [0.25, 0.3) is 0 Å². The lowest BCUT2D eigenvalue weighted by Gasteiger charge is -2.22. The number of rotatable bonds is 4. The number of aliphatic hydroxyl groups is 1. The minimum Gasteiger partial charge on any atom is -0.481 e. The van der Waals surface area contributed by atoms with Crippen LogP contribution in [0.25, 0.3) is 0 Å². The number of carboxylic acids is 1. The number of benzene rings is 1. The van der Waals surface area contributed by atoms with E-state index in [4.69, 9.17) is 0 Å². The summed E-state index contributed by atoms with van der Waals surface area (Å²) in [4.78, 5) is 11.3. The molecule has 2 N–H and O–H groups in total. The molecule has 0 aromatic heterocycles. The van der Waals surface area contributed by atoms with Gasteiger partial charge in [-0.3, -0.25) is 4.79 Å². The Morgan fingerprint density at radius 1 is 1.37 bits per heavy atom. The van der Waals surface area contributed by atoms with E-state index in [1.807, 2.05) is 6.92 Å². The summed E-state index contributed by atoms with van der Waals surface area (Å²) in [7, 11) is 0. The van der Waals surface area contributed by atoms with Crippen molar-refractivity contribution in [3.8, 4) is 0 Å². The zero-order valence-electron chi connectivity index (χ0n) is 10.9. The van der Waals surface area contributed by atoms with E-state index in [0.717, 1.165) is 6.42 Å². The van der Waals surface area contributed by atoms with Gasteiger partial charge in [0.1, 0.15) is 5.82 Å². The highest BCUT2D eigenvalue weighted by molar-refractivity contribution is 5.71. The number of carboxylic acid groups (broad SMARTS) is 1. The molecule has 0 spiro atoms. The minimum absolute atomic E-state index is 0.284. The molecule has 0 amide bonds. The van der Waals surface area contributed by atoms with Gasteiger partial charge in [0.2, 0.25) is 0 Å². The summed E-state index contributed by atoms with van der Waals surface area (Å²) in [5, 5.41) is 19.6. The van der Waals surface area contributed by atoms with Gasteiger partial charge in [0.05, 0.1) is 12.0 Å². The first-order chi connectivity index (χ1) is 9.02. The van der Waals surface area contributed by atoms with Crippen molar-refractivity contribution in [2.24, 2.45) is 17.8 Å². The van der Waals surface area contributed by atoms with Crippen LogP contribution in [0.4, 0.5) is 4.39 Å². The number of hydrogen-bond donors (Lipinski definition) is 2. The normalized spacial score (nSPS) is 28.3. The van der Waals surface area contributed by atoms with Gasteiger partial charge in [0, 0.05) is 5.92 Å². The molecule has 0 saturated heterocycles. The molecule has 1 fully saturated rings. The van der Waals surface area contributed by atoms with E-state index in [2.05, 4.69) is 0 Å². The smallest absolute Gasteiger partial charge is 0.306 e. The van der Waals surface area contributed by atoms with E-state index >= 15 is 0 Å². The summed E-state index contributed by atoms with van der Waals surface area (Å²) in [6.45, 7) is 2.04. The zero-order chi connectivity index (χ0) is 14.0. The molecule has 104 valence electrons. The summed E-state index contributed by atoms with van der Waals surface area (Å²) in [6, 6.07) is 5.64. The molecule has 2 rings (SSSR count). The molecule has 0 aliphatic heterocycles. The Bertz CT molecular complexity index is 443. The van der Waals surface area contributed by atoms with Gasteiger partial charge in [0.15, 0.2) is 0 Å². The van der Waals surface area contributed by atoms with Crippen LogP contribution in [0.5, 0.6) is 0 Å². The fourth-order valence-corrected chi connectivity index (χ4v) is 3.05. The molecule has 0 radical (unpaired) electrons. The maximum absolute atomic E-state index is 12.9. The maximum Gasteiger partial charge on any atom is 0.306 e. The number of hydrogen-bond acceptors (Lipinski definition) is 2. The fourth-order valence-electron chi connectivity index (χ4n) is 3.05. The SMILES string of the molecule is CCC1CC(C(=O)O)C(C(O)c2ccc(F)cc2)C1. The third kappa shape index (κ3) is 2.95. The quantitative estimate of drug-likeness (QED) is 0.880. The molecular weight excluding hydrogens is 247 g/mol. The van der Waals surface area contributed by atoms with Crippen LogP contribution in [-0.4, -0.2) is 16.2 Å². The van der Waals surface area contributed by atoms with Crippen molar-refractivity contribution >= 4 is 5.97 Å². The molecule has 0 heterocycles. The van der Waals surface area contributed by atoms with Gasteiger partial charge in [-0.05, 0) is 36.5 Å². The lowest BCUT2D eigenvalue weighted by molar-refractivity contribution is -0.144. The standard InChI is InChI=1S/C15H19FO3/c1-2-9-7-12(13(8-9)15(18)19)14(17)10-3-5-11(16)6-4-10/h3-6,9,12-14,17H,2,7-8H2,1H3,(H,18,19). The second-order valence-electron chi connectivity index (χ2n) is 5.35. The topological polar surface area (TPSA) is 57.5 Å². The Morgan fingerprint density at radius 3 is 2.53 bits per heavy atom. The minimum atomic E-state index is -0.845. The summed E-state index contributed by atoms with van der Waals surface area (Å²) in [5.41, 5.74) is 0.592. The summed E-state index contributed by atoms with van der Waals surface area (Å²) < 4.78 is 12.9. The highest BCUT2D eigenvalue weighted by Crippen LogP contribution is 2.44.